The predicted octanol–water partition coefficient (Wildman–Crippen LogP) is 3.29. The van der Waals surface area contributed by atoms with Crippen LogP contribution in [0.1, 0.15) is 27.9 Å². The van der Waals surface area contributed by atoms with Gasteiger partial charge in [-0.2, -0.15) is 0 Å². The molecule has 2 N–H and O–H groups in total. The van der Waals surface area contributed by atoms with Crippen molar-refractivity contribution in [3.8, 4) is 11.5 Å². The lowest BCUT2D eigenvalue weighted by Gasteiger charge is -2.11. The van der Waals surface area contributed by atoms with E-state index >= 15 is 0 Å². The molecule has 1 aliphatic rings. The van der Waals surface area contributed by atoms with Crippen molar-refractivity contribution in [1.29, 1.82) is 0 Å². The van der Waals surface area contributed by atoms with Crippen LogP contribution in [0.2, 0.25) is 0 Å². The molecule has 1 aliphatic carbocycles. The van der Waals surface area contributed by atoms with Crippen LogP contribution in [0.4, 0.5) is 5.69 Å². The van der Waals surface area contributed by atoms with Crippen molar-refractivity contribution in [2.45, 2.75) is 19.3 Å². The molecule has 1 heterocycles. The lowest BCUT2D eigenvalue weighted by atomic mass is 10.1. The zero-order chi connectivity index (χ0) is 19.0. The van der Waals surface area contributed by atoms with Gasteiger partial charge in [0.1, 0.15) is 0 Å². The second-order valence-electron chi connectivity index (χ2n) is 6.55. The van der Waals surface area contributed by atoms with Gasteiger partial charge in [0.15, 0.2) is 11.5 Å². The molecule has 0 bridgehead atoms. The lowest BCUT2D eigenvalue weighted by Crippen LogP contribution is -2.14. The summed E-state index contributed by atoms with van der Waals surface area (Å²) in [6.07, 6.45) is 2.76. The number of carbonyl (C=O) groups is 1. The largest absolute Gasteiger partial charge is 0.493 e. The van der Waals surface area contributed by atoms with E-state index in [9.17, 15) is 9.59 Å². The summed E-state index contributed by atoms with van der Waals surface area (Å²) in [6, 6.07) is 10.6. The minimum Gasteiger partial charge on any atom is -0.493 e. The number of fused-ring (bicyclic) bond motifs is 3. The van der Waals surface area contributed by atoms with Crippen LogP contribution in [-0.2, 0) is 12.8 Å². The second kappa shape index (κ2) is 6.79. The van der Waals surface area contributed by atoms with E-state index in [1.54, 1.807) is 31.4 Å². The number of hydrogen-bond acceptors (Lipinski definition) is 4. The fourth-order valence-corrected chi connectivity index (χ4v) is 3.66. The molecule has 0 atom stereocenters. The number of anilines is 1. The van der Waals surface area contributed by atoms with E-state index in [2.05, 4.69) is 10.3 Å². The third-order valence-electron chi connectivity index (χ3n) is 4.99. The molecule has 6 heteroatoms. The van der Waals surface area contributed by atoms with Crippen molar-refractivity contribution in [1.82, 2.24) is 4.98 Å². The molecule has 138 valence electrons. The van der Waals surface area contributed by atoms with E-state index in [0.29, 0.717) is 22.7 Å². The first kappa shape index (κ1) is 17.1. The quantitative estimate of drug-likeness (QED) is 0.744. The highest BCUT2D eigenvalue weighted by Crippen LogP contribution is 2.29. The molecule has 1 aromatic heterocycles. The number of carbonyl (C=O) groups excluding carboxylic acids is 1. The van der Waals surface area contributed by atoms with Crippen LogP contribution >= 0.6 is 0 Å². The zero-order valence-corrected chi connectivity index (χ0v) is 15.2. The monoisotopic (exact) mass is 364 g/mol. The average molecular weight is 364 g/mol. The Kier molecular flexibility index (Phi) is 4.32. The molecule has 0 aliphatic heterocycles. The highest BCUT2D eigenvalue weighted by molar-refractivity contribution is 6.05. The fraction of sp³-hybridized carbons (Fsp3) is 0.238. The molecule has 6 nitrogen and oxygen atoms in total. The molecular weight excluding hydrogens is 344 g/mol. The lowest BCUT2D eigenvalue weighted by molar-refractivity contribution is 0.102. The van der Waals surface area contributed by atoms with Gasteiger partial charge in [-0.25, -0.2) is 0 Å². The van der Waals surface area contributed by atoms with Crippen LogP contribution in [-0.4, -0.2) is 25.1 Å². The van der Waals surface area contributed by atoms with Crippen molar-refractivity contribution in [3.63, 3.8) is 0 Å². The van der Waals surface area contributed by atoms with Crippen LogP contribution in [0.15, 0.2) is 41.2 Å². The second-order valence-corrected chi connectivity index (χ2v) is 6.55. The highest BCUT2D eigenvalue weighted by atomic mass is 16.5. The van der Waals surface area contributed by atoms with Gasteiger partial charge in [-0.05, 0) is 55.2 Å². The number of H-pyrrole nitrogens is 1. The molecule has 4 rings (SSSR count). The number of benzene rings is 2. The SMILES string of the molecule is COc1ccc(C(=O)Nc2ccc3c4c(c(=O)[nH]c3c2)CCC4)cc1OC. The molecule has 0 radical (unpaired) electrons. The Balaban J connectivity index is 1.65. The number of hydrogen-bond donors (Lipinski definition) is 2. The van der Waals surface area contributed by atoms with E-state index < -0.39 is 0 Å². The van der Waals surface area contributed by atoms with Gasteiger partial charge in [0.05, 0.1) is 19.7 Å². The first-order valence-corrected chi connectivity index (χ1v) is 8.82. The first-order chi connectivity index (χ1) is 13.1. The van der Waals surface area contributed by atoms with Crippen LogP contribution in [0.3, 0.4) is 0 Å². The maximum Gasteiger partial charge on any atom is 0.255 e. The highest BCUT2D eigenvalue weighted by Gasteiger charge is 2.18. The Hall–Kier alpha value is -3.28. The van der Waals surface area contributed by atoms with Crippen molar-refractivity contribution < 1.29 is 14.3 Å². The number of rotatable bonds is 4. The van der Waals surface area contributed by atoms with Gasteiger partial charge in [0, 0.05) is 22.2 Å². The number of aromatic nitrogens is 1. The topological polar surface area (TPSA) is 80.4 Å². The zero-order valence-electron chi connectivity index (χ0n) is 15.2. The summed E-state index contributed by atoms with van der Waals surface area (Å²) in [5, 5.41) is 3.92. The average Bonchev–Trinajstić information content (AvgIpc) is 3.18. The summed E-state index contributed by atoms with van der Waals surface area (Å²) in [6.45, 7) is 0. The first-order valence-electron chi connectivity index (χ1n) is 8.82. The third kappa shape index (κ3) is 3.03. The Morgan fingerprint density at radius 3 is 2.56 bits per heavy atom. The van der Waals surface area contributed by atoms with Gasteiger partial charge >= 0.3 is 0 Å². The minimum atomic E-state index is -0.265. The Morgan fingerprint density at radius 1 is 1.00 bits per heavy atom. The number of methoxy groups -OCH3 is 2. The maximum absolute atomic E-state index is 12.6. The van der Waals surface area contributed by atoms with E-state index in [4.69, 9.17) is 9.47 Å². The summed E-state index contributed by atoms with van der Waals surface area (Å²) < 4.78 is 10.4. The Bertz CT molecular complexity index is 1100. The summed E-state index contributed by atoms with van der Waals surface area (Å²) in [4.78, 5) is 27.8. The van der Waals surface area contributed by atoms with Gasteiger partial charge in [-0.3, -0.25) is 9.59 Å². The van der Waals surface area contributed by atoms with Crippen molar-refractivity contribution in [2.24, 2.45) is 0 Å². The summed E-state index contributed by atoms with van der Waals surface area (Å²) >= 11 is 0. The van der Waals surface area contributed by atoms with E-state index in [-0.39, 0.29) is 11.5 Å². The minimum absolute atomic E-state index is 0.0293. The fourth-order valence-electron chi connectivity index (χ4n) is 3.66. The number of amides is 1. The number of ether oxygens (including phenoxy) is 2. The van der Waals surface area contributed by atoms with E-state index in [1.807, 2.05) is 12.1 Å². The molecule has 27 heavy (non-hydrogen) atoms. The summed E-state index contributed by atoms with van der Waals surface area (Å²) in [5.74, 6) is 0.786. The Labute approximate surface area is 156 Å². The molecule has 0 saturated heterocycles. The summed E-state index contributed by atoms with van der Waals surface area (Å²) in [5.41, 5.74) is 3.81. The van der Waals surface area contributed by atoms with Crippen LogP contribution in [0, 0.1) is 0 Å². The standard InChI is InChI=1S/C21H20N2O4/c1-26-18-9-6-12(10-19(18)27-2)20(24)22-13-7-8-15-14-4-3-5-16(14)21(25)23-17(15)11-13/h6-11H,3-5H2,1-2H3,(H,22,24)(H,23,25). The molecule has 0 fully saturated rings. The molecule has 0 spiro atoms. The van der Waals surface area contributed by atoms with E-state index in [0.717, 1.165) is 41.3 Å². The molecule has 3 aromatic rings. The van der Waals surface area contributed by atoms with Crippen LogP contribution in [0.5, 0.6) is 11.5 Å². The van der Waals surface area contributed by atoms with Crippen molar-refractivity contribution in [2.75, 3.05) is 19.5 Å². The van der Waals surface area contributed by atoms with Gasteiger partial charge in [-0.1, -0.05) is 6.07 Å². The molecule has 0 saturated carbocycles. The molecular formula is C21H20N2O4. The molecule has 0 unspecified atom stereocenters. The predicted molar refractivity (Wildman–Crippen MR) is 104 cm³/mol. The molecule has 2 aromatic carbocycles. The van der Waals surface area contributed by atoms with Crippen molar-refractivity contribution >= 4 is 22.5 Å². The number of pyridine rings is 1. The number of nitrogens with one attached hydrogen (secondary N) is 2. The normalized spacial score (nSPS) is 12.7. The van der Waals surface area contributed by atoms with Gasteiger partial charge in [-0.15, -0.1) is 0 Å². The maximum atomic E-state index is 12.6. The Morgan fingerprint density at radius 2 is 1.78 bits per heavy atom. The van der Waals surface area contributed by atoms with Gasteiger partial charge in [0.25, 0.3) is 11.5 Å². The summed E-state index contributed by atoms with van der Waals surface area (Å²) in [7, 11) is 3.07. The molecule has 1 amide bonds. The van der Waals surface area contributed by atoms with Gasteiger partial charge in [0.2, 0.25) is 0 Å². The van der Waals surface area contributed by atoms with Crippen LogP contribution < -0.4 is 20.3 Å². The number of aromatic amines is 1. The number of aryl methyl sites for hydroxylation is 1. The third-order valence-corrected chi connectivity index (χ3v) is 4.99. The van der Waals surface area contributed by atoms with Gasteiger partial charge < -0.3 is 19.8 Å². The van der Waals surface area contributed by atoms with Crippen LogP contribution in [0.25, 0.3) is 10.9 Å². The van der Waals surface area contributed by atoms with Crippen molar-refractivity contribution in [3.05, 3.63) is 63.4 Å². The van der Waals surface area contributed by atoms with E-state index in [1.165, 1.54) is 7.11 Å². The smallest absolute Gasteiger partial charge is 0.255 e.